The molecule has 1 saturated heterocycles. The predicted molar refractivity (Wildman–Crippen MR) is 168 cm³/mol. The maximum atomic E-state index is 13.2. The van der Waals surface area contributed by atoms with Gasteiger partial charge in [-0.05, 0) is 69.0 Å². The van der Waals surface area contributed by atoms with E-state index in [0.717, 1.165) is 45.9 Å². The molecule has 2 aromatic carbocycles. The number of imidazole rings is 1. The van der Waals surface area contributed by atoms with Gasteiger partial charge in [0.05, 0.1) is 22.9 Å². The van der Waals surface area contributed by atoms with Crippen LogP contribution < -0.4 is 15.0 Å². The summed E-state index contributed by atoms with van der Waals surface area (Å²) >= 11 is 0. The highest BCUT2D eigenvalue weighted by Crippen LogP contribution is 2.32. The van der Waals surface area contributed by atoms with E-state index in [-0.39, 0.29) is 24.2 Å². The molecular weight excluding hydrogens is 552 g/mol. The average Bonchev–Trinajstić information content (AvgIpc) is 3.46. The lowest BCUT2D eigenvalue weighted by Gasteiger charge is -2.16. The Bertz CT molecular complexity index is 1820. The Labute approximate surface area is 250 Å². The molecule has 10 nitrogen and oxygen atoms in total. The minimum Gasteiger partial charge on any atom is -0.457 e. The minimum atomic E-state index is -0.00836. The number of ether oxygens (including phenoxy) is 1. The van der Waals surface area contributed by atoms with Gasteiger partial charge in [0.1, 0.15) is 29.2 Å². The molecule has 1 aliphatic rings. The number of halogens is 1. The quantitative estimate of drug-likeness (QED) is 0.245. The SMILES string of the molecule is Cc1cc(Nc2ncnc3ccc(N4CC(C)/C(=C\CN(C)C)C4=O)nc23)ccc1Oc1ccc2c(c1)ncn2C.Cl. The number of nitrogens with one attached hydrogen (secondary N) is 1. The Morgan fingerprint density at radius 2 is 1.90 bits per heavy atom. The van der Waals surface area contributed by atoms with E-state index >= 15 is 0 Å². The number of aromatic nitrogens is 5. The zero-order valence-electron chi connectivity index (χ0n) is 24.2. The highest BCUT2D eigenvalue weighted by Gasteiger charge is 2.34. The minimum absolute atomic E-state index is 0. The van der Waals surface area contributed by atoms with Crippen molar-refractivity contribution in [2.75, 3.05) is 37.4 Å². The number of benzene rings is 2. The summed E-state index contributed by atoms with van der Waals surface area (Å²) < 4.78 is 8.15. The van der Waals surface area contributed by atoms with Gasteiger partial charge in [-0.25, -0.2) is 19.9 Å². The summed E-state index contributed by atoms with van der Waals surface area (Å²) in [5.41, 5.74) is 5.83. The highest BCUT2D eigenvalue weighted by atomic mass is 35.5. The van der Waals surface area contributed by atoms with Crippen LogP contribution in [-0.2, 0) is 11.8 Å². The van der Waals surface area contributed by atoms with Gasteiger partial charge in [0.2, 0.25) is 0 Å². The van der Waals surface area contributed by atoms with Crippen LogP contribution in [0.15, 0.2) is 72.8 Å². The molecule has 4 heterocycles. The summed E-state index contributed by atoms with van der Waals surface area (Å²) in [4.78, 5) is 35.1. The molecule has 1 aliphatic heterocycles. The van der Waals surface area contributed by atoms with Crippen molar-refractivity contribution in [3.8, 4) is 11.5 Å². The van der Waals surface area contributed by atoms with Gasteiger partial charge in [-0.3, -0.25) is 9.69 Å². The Morgan fingerprint density at radius 1 is 1.07 bits per heavy atom. The van der Waals surface area contributed by atoms with Gasteiger partial charge in [0, 0.05) is 43.4 Å². The van der Waals surface area contributed by atoms with Gasteiger partial charge in [0.25, 0.3) is 5.91 Å². The van der Waals surface area contributed by atoms with Crippen molar-refractivity contribution in [3.05, 3.63) is 78.4 Å². The Morgan fingerprint density at radius 3 is 2.69 bits per heavy atom. The van der Waals surface area contributed by atoms with Crippen LogP contribution >= 0.6 is 12.4 Å². The van der Waals surface area contributed by atoms with E-state index in [9.17, 15) is 4.79 Å². The molecular formula is C31H33ClN8O2. The van der Waals surface area contributed by atoms with Crippen molar-refractivity contribution in [1.82, 2.24) is 29.4 Å². The number of aryl methyl sites for hydroxylation is 2. The second-order valence-corrected chi connectivity index (χ2v) is 10.7. The van der Waals surface area contributed by atoms with Crippen molar-refractivity contribution in [2.24, 2.45) is 13.0 Å². The normalized spacial score (nSPS) is 16.0. The first-order valence-corrected chi connectivity index (χ1v) is 13.5. The van der Waals surface area contributed by atoms with Crippen molar-refractivity contribution >= 4 is 57.7 Å². The first-order chi connectivity index (χ1) is 19.8. The lowest BCUT2D eigenvalue weighted by atomic mass is 10.0. The Hall–Kier alpha value is -4.54. The van der Waals surface area contributed by atoms with Crippen molar-refractivity contribution in [2.45, 2.75) is 13.8 Å². The second kappa shape index (κ2) is 11.8. The second-order valence-electron chi connectivity index (χ2n) is 10.7. The molecule has 1 amide bonds. The summed E-state index contributed by atoms with van der Waals surface area (Å²) in [5, 5.41) is 3.38. The van der Waals surface area contributed by atoms with E-state index in [2.05, 4.69) is 27.2 Å². The number of likely N-dealkylation sites (N-methyl/N-ethyl adjacent to an activating group) is 1. The average molecular weight is 585 g/mol. The molecule has 1 unspecified atom stereocenters. The summed E-state index contributed by atoms with van der Waals surface area (Å²) in [5.74, 6) is 2.74. The maximum Gasteiger partial charge on any atom is 0.255 e. The Kier molecular flexibility index (Phi) is 8.11. The predicted octanol–water partition coefficient (Wildman–Crippen LogP) is 5.65. The van der Waals surface area contributed by atoms with E-state index in [1.165, 1.54) is 6.33 Å². The fraction of sp³-hybridized carbons (Fsp3) is 0.258. The maximum absolute atomic E-state index is 13.2. The van der Waals surface area contributed by atoms with E-state index < -0.39 is 0 Å². The third-order valence-corrected chi connectivity index (χ3v) is 7.26. The number of carbonyl (C=O) groups is 1. The van der Waals surface area contributed by atoms with Crippen LogP contribution in [0.2, 0.25) is 0 Å². The number of nitrogens with zero attached hydrogens (tertiary/aromatic N) is 7. The van der Waals surface area contributed by atoms with Crippen LogP contribution in [0.3, 0.4) is 0 Å². The number of anilines is 3. The summed E-state index contributed by atoms with van der Waals surface area (Å²) in [6.45, 7) is 5.37. The zero-order valence-corrected chi connectivity index (χ0v) is 25.0. The van der Waals surface area contributed by atoms with Gasteiger partial charge in [-0.2, -0.15) is 0 Å². The van der Waals surface area contributed by atoms with Crippen LogP contribution in [-0.4, -0.2) is 62.5 Å². The molecule has 0 saturated carbocycles. The standard InChI is InChI=1S/C31H32N8O2.ClH/c1-19-14-21(6-10-27(19)41-22-7-9-26-25(15-22)34-18-38(26)5)35-30-29-24(32-17-33-30)8-11-28(36-29)39-16-20(2)23(31(39)40)12-13-37(3)4;/h6-12,14-15,17-18,20H,13,16H2,1-5H3,(H,32,33,35);1H/b23-12+;. The van der Waals surface area contributed by atoms with Crippen LogP contribution in [0.1, 0.15) is 12.5 Å². The third-order valence-electron chi connectivity index (χ3n) is 7.26. The molecule has 5 aromatic rings. The van der Waals surface area contributed by atoms with Gasteiger partial charge in [0.15, 0.2) is 5.82 Å². The molecule has 0 radical (unpaired) electrons. The fourth-order valence-corrected chi connectivity index (χ4v) is 5.05. The van der Waals surface area contributed by atoms with E-state index in [0.29, 0.717) is 29.2 Å². The highest BCUT2D eigenvalue weighted by molar-refractivity contribution is 6.08. The molecule has 6 rings (SSSR count). The zero-order chi connectivity index (χ0) is 28.7. The largest absolute Gasteiger partial charge is 0.457 e. The lowest BCUT2D eigenvalue weighted by Crippen LogP contribution is -2.26. The van der Waals surface area contributed by atoms with Gasteiger partial charge in [-0.15, -0.1) is 12.4 Å². The van der Waals surface area contributed by atoms with E-state index in [1.54, 1.807) is 11.2 Å². The lowest BCUT2D eigenvalue weighted by molar-refractivity contribution is -0.114. The number of amides is 1. The van der Waals surface area contributed by atoms with Crippen LogP contribution in [0.5, 0.6) is 11.5 Å². The molecule has 1 fully saturated rings. The molecule has 1 atom stereocenters. The van der Waals surface area contributed by atoms with Gasteiger partial charge in [-0.1, -0.05) is 13.0 Å². The molecule has 216 valence electrons. The monoisotopic (exact) mass is 584 g/mol. The van der Waals surface area contributed by atoms with Crippen molar-refractivity contribution in [1.29, 1.82) is 0 Å². The molecule has 1 N–H and O–H groups in total. The topological polar surface area (TPSA) is 101 Å². The summed E-state index contributed by atoms with van der Waals surface area (Å²) in [6, 6.07) is 15.5. The van der Waals surface area contributed by atoms with Gasteiger partial charge >= 0.3 is 0 Å². The number of rotatable bonds is 7. The Balaban J connectivity index is 0.00000353. The first-order valence-electron chi connectivity index (χ1n) is 13.5. The first kappa shape index (κ1) is 29.0. The third kappa shape index (κ3) is 5.63. The molecule has 3 aromatic heterocycles. The number of hydrogen-bond acceptors (Lipinski definition) is 8. The number of fused-ring (bicyclic) bond motifs is 2. The van der Waals surface area contributed by atoms with Gasteiger partial charge < -0.3 is 19.5 Å². The van der Waals surface area contributed by atoms with Crippen LogP contribution in [0.25, 0.3) is 22.1 Å². The summed E-state index contributed by atoms with van der Waals surface area (Å²) in [7, 11) is 5.95. The van der Waals surface area contributed by atoms with Crippen molar-refractivity contribution < 1.29 is 9.53 Å². The van der Waals surface area contributed by atoms with Crippen molar-refractivity contribution in [3.63, 3.8) is 0 Å². The number of hydrogen-bond donors (Lipinski definition) is 1. The number of pyridine rings is 1. The fourth-order valence-electron chi connectivity index (χ4n) is 5.05. The molecule has 11 heteroatoms. The number of carbonyl (C=O) groups excluding carboxylic acids is 1. The van der Waals surface area contributed by atoms with Crippen LogP contribution in [0.4, 0.5) is 17.3 Å². The molecule has 42 heavy (non-hydrogen) atoms. The molecule has 0 aliphatic carbocycles. The molecule has 0 bridgehead atoms. The van der Waals surface area contributed by atoms with Crippen LogP contribution in [0, 0.1) is 12.8 Å². The summed E-state index contributed by atoms with van der Waals surface area (Å²) in [6.07, 6.45) is 5.31. The van der Waals surface area contributed by atoms with E-state index in [4.69, 9.17) is 9.72 Å². The van der Waals surface area contributed by atoms with E-state index in [1.807, 2.05) is 92.1 Å². The molecule has 0 spiro atoms. The smallest absolute Gasteiger partial charge is 0.255 e.